The summed E-state index contributed by atoms with van der Waals surface area (Å²) in [6.45, 7) is 11.5. The van der Waals surface area contributed by atoms with Crippen LogP contribution in [0.25, 0.3) is 0 Å². The minimum atomic E-state index is 0.492. The smallest absolute Gasteiger partial charge is 0.0465 e. The van der Waals surface area contributed by atoms with Crippen LogP contribution in [0.15, 0.2) is 0 Å². The van der Waals surface area contributed by atoms with Crippen molar-refractivity contribution in [3.63, 3.8) is 0 Å². The van der Waals surface area contributed by atoms with Gasteiger partial charge in [0.1, 0.15) is 0 Å². The van der Waals surface area contributed by atoms with Gasteiger partial charge in [0.25, 0.3) is 0 Å². The van der Waals surface area contributed by atoms with Gasteiger partial charge in [-0.25, -0.2) is 0 Å². The van der Waals surface area contributed by atoms with Gasteiger partial charge >= 0.3 is 0 Å². The summed E-state index contributed by atoms with van der Waals surface area (Å²) in [5, 5.41) is 3.76. The van der Waals surface area contributed by atoms with Crippen LogP contribution in [0, 0.1) is 17.3 Å². The molecule has 0 spiro atoms. The molecule has 1 fully saturated rings. The Hall–Kier alpha value is -0.0800. The van der Waals surface area contributed by atoms with Crippen LogP contribution >= 0.6 is 0 Å². The van der Waals surface area contributed by atoms with Crippen molar-refractivity contribution in [3.8, 4) is 0 Å². The number of hydrogen-bond donors (Lipinski definition) is 1. The summed E-state index contributed by atoms with van der Waals surface area (Å²) in [6.07, 6.45) is 6.76. The molecule has 2 heteroatoms. The number of rotatable bonds is 7. The van der Waals surface area contributed by atoms with Crippen LogP contribution in [0.3, 0.4) is 0 Å². The first kappa shape index (κ1) is 16.0. The first-order chi connectivity index (χ1) is 8.53. The van der Waals surface area contributed by atoms with E-state index in [-0.39, 0.29) is 0 Å². The quantitative estimate of drug-likeness (QED) is 0.746. The summed E-state index contributed by atoms with van der Waals surface area (Å²) >= 11 is 0. The molecule has 0 amide bonds. The van der Waals surface area contributed by atoms with Gasteiger partial charge in [-0.2, -0.15) is 0 Å². The zero-order valence-corrected chi connectivity index (χ0v) is 13.1. The van der Waals surface area contributed by atoms with Crippen molar-refractivity contribution >= 4 is 0 Å². The van der Waals surface area contributed by atoms with Crippen molar-refractivity contribution in [3.05, 3.63) is 0 Å². The molecule has 1 saturated carbocycles. The Balaban J connectivity index is 2.69. The average Bonchev–Trinajstić information content (AvgIpc) is 2.33. The molecule has 0 bridgehead atoms. The molecule has 108 valence electrons. The van der Waals surface area contributed by atoms with E-state index in [9.17, 15) is 0 Å². The molecule has 0 radical (unpaired) electrons. The summed E-state index contributed by atoms with van der Waals surface area (Å²) in [4.78, 5) is 0. The van der Waals surface area contributed by atoms with Crippen LogP contribution in [0.2, 0.25) is 0 Å². The Labute approximate surface area is 114 Å². The average molecular weight is 255 g/mol. The number of nitrogens with one attached hydrogen (secondary N) is 1. The van der Waals surface area contributed by atoms with Gasteiger partial charge in [0.2, 0.25) is 0 Å². The van der Waals surface area contributed by atoms with Gasteiger partial charge in [0, 0.05) is 19.8 Å². The van der Waals surface area contributed by atoms with E-state index in [2.05, 4.69) is 33.0 Å². The molecule has 3 atom stereocenters. The van der Waals surface area contributed by atoms with Crippen molar-refractivity contribution < 1.29 is 4.74 Å². The Bertz CT molecular complexity index is 227. The molecule has 0 heterocycles. The van der Waals surface area contributed by atoms with Crippen LogP contribution in [-0.2, 0) is 4.74 Å². The predicted octanol–water partition coefficient (Wildman–Crippen LogP) is 3.85. The van der Waals surface area contributed by atoms with Gasteiger partial charge < -0.3 is 10.1 Å². The van der Waals surface area contributed by atoms with Gasteiger partial charge in [-0.3, -0.25) is 0 Å². The molecule has 0 aliphatic heterocycles. The highest BCUT2D eigenvalue weighted by atomic mass is 16.5. The lowest BCUT2D eigenvalue weighted by atomic mass is 9.63. The number of ether oxygens (including phenoxy) is 1. The van der Waals surface area contributed by atoms with E-state index < -0.39 is 0 Å². The Morgan fingerprint density at radius 1 is 1.33 bits per heavy atom. The minimum absolute atomic E-state index is 0.492. The van der Waals surface area contributed by atoms with E-state index in [1.807, 2.05) is 0 Å². The first-order valence-corrected chi connectivity index (χ1v) is 7.75. The third-order valence-electron chi connectivity index (χ3n) is 4.85. The molecule has 2 nitrogen and oxygen atoms in total. The monoisotopic (exact) mass is 255 g/mol. The minimum Gasteiger partial charge on any atom is -0.385 e. The van der Waals surface area contributed by atoms with E-state index >= 15 is 0 Å². The fourth-order valence-corrected chi connectivity index (χ4v) is 3.65. The second-order valence-electron chi connectivity index (χ2n) is 6.68. The molecule has 1 aliphatic rings. The van der Waals surface area contributed by atoms with Gasteiger partial charge in [-0.15, -0.1) is 0 Å². The molecule has 18 heavy (non-hydrogen) atoms. The fourth-order valence-electron chi connectivity index (χ4n) is 3.65. The second-order valence-corrected chi connectivity index (χ2v) is 6.68. The summed E-state index contributed by atoms with van der Waals surface area (Å²) in [7, 11) is 1.81. The lowest BCUT2D eigenvalue weighted by molar-refractivity contribution is 0.0670. The third kappa shape index (κ3) is 4.24. The van der Waals surface area contributed by atoms with Gasteiger partial charge in [0.05, 0.1) is 0 Å². The predicted molar refractivity (Wildman–Crippen MR) is 78.9 cm³/mol. The standard InChI is InChI=1S/C16H33NO/c1-6-17-15(13(2)10-12-18-5)14-9-7-8-11-16(14,3)4/h13-15,17H,6-12H2,1-5H3. The Morgan fingerprint density at radius 3 is 2.61 bits per heavy atom. The SMILES string of the molecule is CCNC(C(C)CCOC)C1CCCCC1(C)C. The molecular formula is C16H33NO. The number of hydrogen-bond acceptors (Lipinski definition) is 2. The van der Waals surface area contributed by atoms with Crippen LogP contribution < -0.4 is 5.32 Å². The molecule has 0 saturated heterocycles. The normalized spacial score (nSPS) is 26.8. The lowest BCUT2D eigenvalue weighted by Crippen LogP contribution is -2.48. The van der Waals surface area contributed by atoms with E-state index in [4.69, 9.17) is 4.74 Å². The maximum Gasteiger partial charge on any atom is 0.0465 e. The highest BCUT2D eigenvalue weighted by Gasteiger charge is 2.38. The molecule has 1 aliphatic carbocycles. The fraction of sp³-hybridized carbons (Fsp3) is 1.00. The molecule has 0 aromatic heterocycles. The van der Waals surface area contributed by atoms with Gasteiger partial charge in [-0.05, 0) is 43.1 Å². The molecular weight excluding hydrogens is 222 g/mol. The van der Waals surface area contributed by atoms with Crippen molar-refractivity contribution in [2.24, 2.45) is 17.3 Å². The maximum absolute atomic E-state index is 5.25. The van der Waals surface area contributed by atoms with Crippen molar-refractivity contribution in [2.75, 3.05) is 20.3 Å². The molecule has 1 N–H and O–H groups in total. The van der Waals surface area contributed by atoms with Gasteiger partial charge in [0.15, 0.2) is 0 Å². The van der Waals surface area contributed by atoms with E-state index in [1.54, 1.807) is 7.11 Å². The molecule has 3 unspecified atom stereocenters. The largest absolute Gasteiger partial charge is 0.385 e. The van der Waals surface area contributed by atoms with Gasteiger partial charge in [-0.1, -0.05) is 40.5 Å². The lowest BCUT2D eigenvalue weighted by Gasteiger charge is -2.45. The molecule has 0 aromatic carbocycles. The first-order valence-electron chi connectivity index (χ1n) is 7.75. The topological polar surface area (TPSA) is 21.3 Å². The van der Waals surface area contributed by atoms with E-state index in [0.29, 0.717) is 17.4 Å². The van der Waals surface area contributed by atoms with Crippen molar-refractivity contribution in [1.29, 1.82) is 0 Å². The summed E-state index contributed by atoms with van der Waals surface area (Å²) in [6, 6.07) is 0.653. The maximum atomic E-state index is 5.25. The highest BCUT2D eigenvalue weighted by molar-refractivity contribution is 4.92. The van der Waals surface area contributed by atoms with Crippen LogP contribution in [0.1, 0.15) is 59.8 Å². The Kier molecular flexibility index (Phi) is 6.65. The second kappa shape index (κ2) is 7.49. The summed E-state index contributed by atoms with van der Waals surface area (Å²) in [5.41, 5.74) is 0.492. The zero-order valence-electron chi connectivity index (χ0n) is 13.1. The van der Waals surface area contributed by atoms with Crippen LogP contribution in [0.5, 0.6) is 0 Å². The summed E-state index contributed by atoms with van der Waals surface area (Å²) < 4.78 is 5.25. The van der Waals surface area contributed by atoms with Crippen molar-refractivity contribution in [1.82, 2.24) is 5.32 Å². The van der Waals surface area contributed by atoms with Crippen molar-refractivity contribution in [2.45, 2.75) is 65.8 Å². The van der Waals surface area contributed by atoms with Crippen LogP contribution in [0.4, 0.5) is 0 Å². The molecule has 0 aromatic rings. The summed E-state index contributed by atoms with van der Waals surface area (Å²) in [5.74, 6) is 1.52. The van der Waals surface area contributed by atoms with E-state index in [1.165, 1.54) is 32.1 Å². The highest BCUT2D eigenvalue weighted by Crippen LogP contribution is 2.44. The Morgan fingerprint density at radius 2 is 2.06 bits per heavy atom. The zero-order chi connectivity index (χ0) is 13.6. The third-order valence-corrected chi connectivity index (χ3v) is 4.85. The van der Waals surface area contributed by atoms with E-state index in [0.717, 1.165) is 19.1 Å². The van der Waals surface area contributed by atoms with Crippen LogP contribution in [-0.4, -0.2) is 26.3 Å². The number of methoxy groups -OCH3 is 1. The molecule has 1 rings (SSSR count).